The van der Waals surface area contributed by atoms with E-state index in [4.69, 9.17) is 19.2 Å². The molecule has 0 aromatic carbocycles. The molecule has 0 heterocycles. The Labute approximate surface area is 148 Å². The van der Waals surface area contributed by atoms with E-state index in [1.165, 1.54) is 0 Å². The molecule has 4 nitrogen and oxygen atoms in total. The van der Waals surface area contributed by atoms with E-state index >= 15 is 0 Å². The predicted octanol–water partition coefficient (Wildman–Crippen LogP) is -9.20. The SMILES string of the molecule is O=P([O-])([O-])[O-].[K+].[K+].[Mg+2]. The monoisotopic (exact) mass is 197 g/mol. The molecule has 0 N–H and O–H groups in total. The second-order valence-corrected chi connectivity index (χ2v) is 1.34. The first kappa shape index (κ1) is 22.7. The van der Waals surface area contributed by atoms with Crippen molar-refractivity contribution >= 4 is 30.9 Å². The van der Waals surface area contributed by atoms with Crippen LogP contribution >= 0.6 is 7.82 Å². The molecule has 0 aromatic rings. The van der Waals surface area contributed by atoms with Gasteiger partial charge in [0.15, 0.2) is 0 Å². The van der Waals surface area contributed by atoms with E-state index < -0.39 is 7.82 Å². The van der Waals surface area contributed by atoms with E-state index in [0.717, 1.165) is 0 Å². The average molecular weight is 197 g/mol. The van der Waals surface area contributed by atoms with Gasteiger partial charge >= 0.3 is 126 Å². The summed E-state index contributed by atoms with van der Waals surface area (Å²) in [6, 6.07) is 0. The summed E-state index contributed by atoms with van der Waals surface area (Å²) in [4.78, 5) is 25.6. The molecule has 0 fully saturated rings. The summed E-state index contributed by atoms with van der Waals surface area (Å²) in [7, 11) is -5.39. The molecule has 0 saturated heterocycles. The van der Waals surface area contributed by atoms with Crippen LogP contribution in [-0.4, -0.2) is 23.1 Å². The molecule has 0 saturated carbocycles. The Morgan fingerprint density at radius 1 is 1.00 bits per heavy atom. The second kappa shape index (κ2) is 11.1. The molecular weight excluding hydrogens is 197 g/mol. The van der Waals surface area contributed by atoms with Crippen molar-refractivity contribution in [3.63, 3.8) is 0 Å². The first-order valence-electron chi connectivity index (χ1n) is 0.730. The van der Waals surface area contributed by atoms with Crippen molar-refractivity contribution in [2.45, 2.75) is 0 Å². The van der Waals surface area contributed by atoms with E-state index in [2.05, 4.69) is 0 Å². The Bertz CT molecular complexity index is 60.2. The quantitative estimate of drug-likeness (QED) is 0.285. The van der Waals surface area contributed by atoms with Crippen LogP contribution in [0, 0.1) is 0 Å². The van der Waals surface area contributed by atoms with Crippen LogP contribution in [0.15, 0.2) is 0 Å². The molecule has 0 aliphatic rings. The van der Waals surface area contributed by atoms with Gasteiger partial charge in [-0.15, -0.1) is 0 Å². The summed E-state index contributed by atoms with van der Waals surface area (Å²) in [5, 5.41) is 0. The molecule has 0 spiro atoms. The van der Waals surface area contributed by atoms with Gasteiger partial charge in [0.2, 0.25) is 0 Å². The zero-order valence-electron chi connectivity index (χ0n) is 4.79. The van der Waals surface area contributed by atoms with E-state index in [1.54, 1.807) is 0 Å². The summed E-state index contributed by atoms with van der Waals surface area (Å²) >= 11 is 0. The van der Waals surface area contributed by atoms with Gasteiger partial charge < -0.3 is 19.2 Å². The molecule has 0 atom stereocenters. The van der Waals surface area contributed by atoms with Crippen LogP contribution in [0.25, 0.3) is 0 Å². The number of phosphoric acid groups is 1. The van der Waals surface area contributed by atoms with E-state index in [9.17, 15) is 0 Å². The average Bonchev–Trinajstić information content (AvgIpc) is 0.722. The smallest absolute Gasteiger partial charge is 0.822 e. The molecule has 32 valence electrons. The van der Waals surface area contributed by atoms with Crippen LogP contribution in [0.3, 0.4) is 0 Å². The van der Waals surface area contributed by atoms with Crippen molar-refractivity contribution in [2.75, 3.05) is 0 Å². The van der Waals surface area contributed by atoms with Gasteiger partial charge in [0.05, 0.1) is 0 Å². The molecular formula is K2MgO4P+. The van der Waals surface area contributed by atoms with Crippen LogP contribution in [0.2, 0.25) is 0 Å². The van der Waals surface area contributed by atoms with Gasteiger partial charge in [-0.3, -0.25) is 0 Å². The van der Waals surface area contributed by atoms with Gasteiger partial charge in [0.25, 0.3) is 0 Å². The minimum atomic E-state index is -5.39. The van der Waals surface area contributed by atoms with E-state index in [-0.39, 0.29) is 126 Å². The summed E-state index contributed by atoms with van der Waals surface area (Å²) in [5.74, 6) is 0. The number of rotatable bonds is 0. The van der Waals surface area contributed by atoms with Crippen molar-refractivity contribution in [1.82, 2.24) is 0 Å². The Balaban J connectivity index is -0.0000000267. The summed E-state index contributed by atoms with van der Waals surface area (Å²) in [6.45, 7) is 0. The topological polar surface area (TPSA) is 86.2 Å². The first-order valence-corrected chi connectivity index (χ1v) is 2.19. The molecule has 0 unspecified atom stereocenters. The zero-order chi connectivity index (χ0) is 4.50. The molecule has 0 aliphatic heterocycles. The van der Waals surface area contributed by atoms with Gasteiger partial charge in [-0.05, 0) is 0 Å². The molecule has 0 aliphatic carbocycles. The Morgan fingerprint density at radius 3 is 1.00 bits per heavy atom. The van der Waals surface area contributed by atoms with Crippen molar-refractivity contribution in [1.29, 1.82) is 0 Å². The minimum Gasteiger partial charge on any atom is -0.822 e. The third kappa shape index (κ3) is 49.3. The molecule has 0 radical (unpaired) electrons. The van der Waals surface area contributed by atoms with E-state index in [1.807, 2.05) is 0 Å². The van der Waals surface area contributed by atoms with Gasteiger partial charge in [-0.2, -0.15) is 7.82 Å². The molecule has 0 rings (SSSR count). The maximum absolute atomic E-state index is 8.55. The number of hydrogen-bond acceptors (Lipinski definition) is 4. The van der Waals surface area contributed by atoms with Gasteiger partial charge in [0, 0.05) is 0 Å². The van der Waals surface area contributed by atoms with Gasteiger partial charge in [-0.1, -0.05) is 0 Å². The molecule has 8 heavy (non-hydrogen) atoms. The van der Waals surface area contributed by atoms with Crippen LogP contribution in [-0.2, 0) is 4.57 Å². The summed E-state index contributed by atoms with van der Waals surface area (Å²) in [6.07, 6.45) is 0. The maximum atomic E-state index is 8.55. The molecule has 0 bridgehead atoms. The van der Waals surface area contributed by atoms with Gasteiger partial charge in [0.1, 0.15) is 0 Å². The second-order valence-electron chi connectivity index (χ2n) is 0.447. The van der Waals surface area contributed by atoms with Crippen LogP contribution in [0.1, 0.15) is 0 Å². The Kier molecular flexibility index (Phi) is 31.7. The molecule has 8 heteroatoms. The number of hydrogen-bond donors (Lipinski definition) is 0. The van der Waals surface area contributed by atoms with Crippen molar-refractivity contribution in [3.05, 3.63) is 0 Å². The fourth-order valence-corrected chi connectivity index (χ4v) is 0. The molecule has 0 amide bonds. The van der Waals surface area contributed by atoms with Crippen LogP contribution in [0.4, 0.5) is 0 Å². The van der Waals surface area contributed by atoms with Gasteiger partial charge in [-0.25, -0.2) is 0 Å². The third-order valence-corrected chi connectivity index (χ3v) is 0. The minimum absolute atomic E-state index is 0. The summed E-state index contributed by atoms with van der Waals surface area (Å²) in [5.41, 5.74) is 0. The standard InChI is InChI=1S/2K.Mg.H3O4P/c;;;1-5(2,3)4/h;;;(H3,1,2,3,4)/q2*+1;+2;/p-3. The molecule has 0 aromatic heterocycles. The van der Waals surface area contributed by atoms with Crippen molar-refractivity contribution in [2.24, 2.45) is 0 Å². The summed E-state index contributed by atoms with van der Waals surface area (Å²) < 4.78 is 8.55. The first-order chi connectivity index (χ1) is 2.00. The fourth-order valence-electron chi connectivity index (χ4n) is 0. The van der Waals surface area contributed by atoms with Crippen LogP contribution in [0.5, 0.6) is 0 Å². The largest absolute Gasteiger partial charge is 2.00 e. The zero-order valence-corrected chi connectivity index (χ0v) is 13.3. The Morgan fingerprint density at radius 2 is 1.00 bits per heavy atom. The van der Waals surface area contributed by atoms with Crippen LogP contribution < -0.4 is 117 Å². The van der Waals surface area contributed by atoms with E-state index in [0.29, 0.717) is 0 Å². The fraction of sp³-hybridized carbons (Fsp3) is 0. The van der Waals surface area contributed by atoms with Crippen molar-refractivity contribution < 1.29 is 122 Å². The third-order valence-electron chi connectivity index (χ3n) is 0. The predicted molar refractivity (Wildman–Crippen MR) is 13.4 cm³/mol. The Hall–Kier alpha value is 4.15. The maximum Gasteiger partial charge on any atom is 2.00 e. The van der Waals surface area contributed by atoms with Crippen molar-refractivity contribution in [3.8, 4) is 0 Å². The normalized spacial score (nSPS) is 7.38.